The van der Waals surface area contributed by atoms with Crippen molar-refractivity contribution in [2.45, 2.75) is 38.1 Å². The molecule has 0 radical (unpaired) electrons. The molecule has 2 aliphatic heterocycles. The molecule has 3 aromatic rings. The number of aromatic amines is 1. The molecule has 0 aliphatic carbocycles. The average Bonchev–Trinajstić information content (AvgIpc) is 3.72. The van der Waals surface area contributed by atoms with Gasteiger partial charge in [0.05, 0.1) is 12.3 Å². The highest BCUT2D eigenvalue weighted by Gasteiger charge is 2.31. The molecular weight excluding hydrogens is 525 g/mol. The SMILES string of the molecule is O=C1OCC/C1=C\[C@H](C[C@@H]1CCNC1=O)NC(=O)[C@@H](CC(=O)c1ccc(-c2ccccc2)[nH]1)Cc1ccc(F)cc1. The second kappa shape index (κ2) is 12.8. The summed E-state index contributed by atoms with van der Waals surface area (Å²) in [7, 11) is 0. The number of benzene rings is 2. The lowest BCUT2D eigenvalue weighted by atomic mass is 9.91. The van der Waals surface area contributed by atoms with Crippen LogP contribution in [-0.2, 0) is 25.5 Å². The largest absolute Gasteiger partial charge is 0.462 e. The van der Waals surface area contributed by atoms with Crippen LogP contribution in [0, 0.1) is 17.7 Å². The van der Waals surface area contributed by atoms with Crippen LogP contribution in [0.2, 0.25) is 0 Å². The number of ketones is 1. The highest BCUT2D eigenvalue weighted by atomic mass is 19.1. The molecule has 0 unspecified atom stereocenters. The molecule has 3 heterocycles. The Labute approximate surface area is 237 Å². The predicted octanol–water partition coefficient (Wildman–Crippen LogP) is 4.14. The number of hydrogen-bond acceptors (Lipinski definition) is 5. The molecular formula is C32H32FN3O5. The van der Waals surface area contributed by atoms with Crippen molar-refractivity contribution >= 4 is 23.6 Å². The number of halogens is 1. The lowest BCUT2D eigenvalue weighted by molar-refractivity contribution is -0.135. The van der Waals surface area contributed by atoms with Crippen LogP contribution < -0.4 is 10.6 Å². The van der Waals surface area contributed by atoms with Crippen LogP contribution in [0.3, 0.4) is 0 Å². The number of carbonyl (C=O) groups is 4. The fraction of sp³-hybridized carbons (Fsp3) is 0.312. The maximum Gasteiger partial charge on any atom is 0.333 e. The first-order valence-corrected chi connectivity index (χ1v) is 13.8. The Balaban J connectivity index is 1.36. The summed E-state index contributed by atoms with van der Waals surface area (Å²) in [6.45, 7) is 0.837. The van der Waals surface area contributed by atoms with Gasteiger partial charge in [0.2, 0.25) is 11.8 Å². The second-order valence-corrected chi connectivity index (χ2v) is 10.5. The van der Waals surface area contributed by atoms with Gasteiger partial charge in [-0.1, -0.05) is 48.5 Å². The van der Waals surface area contributed by atoms with Gasteiger partial charge in [-0.05, 0) is 54.7 Å². The van der Waals surface area contributed by atoms with E-state index in [1.807, 2.05) is 36.4 Å². The van der Waals surface area contributed by atoms with Crippen molar-refractivity contribution in [3.05, 3.63) is 95.5 Å². The van der Waals surface area contributed by atoms with Crippen LogP contribution in [0.25, 0.3) is 11.3 Å². The van der Waals surface area contributed by atoms with Gasteiger partial charge in [-0.25, -0.2) is 9.18 Å². The van der Waals surface area contributed by atoms with Crippen molar-refractivity contribution in [3.8, 4) is 11.3 Å². The van der Waals surface area contributed by atoms with Crippen molar-refractivity contribution in [1.82, 2.24) is 15.6 Å². The molecule has 9 heteroatoms. The first-order chi connectivity index (χ1) is 19.9. The first kappa shape index (κ1) is 28.0. The fourth-order valence-electron chi connectivity index (χ4n) is 5.33. The molecule has 3 atom stereocenters. The molecule has 2 saturated heterocycles. The normalized spacial score (nSPS) is 19.0. The molecule has 0 bridgehead atoms. The Morgan fingerprint density at radius 3 is 2.51 bits per heavy atom. The zero-order chi connectivity index (χ0) is 28.8. The Morgan fingerprint density at radius 2 is 1.83 bits per heavy atom. The van der Waals surface area contributed by atoms with E-state index in [0.29, 0.717) is 42.6 Å². The van der Waals surface area contributed by atoms with E-state index >= 15 is 0 Å². The van der Waals surface area contributed by atoms with Gasteiger partial charge < -0.3 is 20.4 Å². The molecule has 0 saturated carbocycles. The number of amides is 2. The molecule has 2 fully saturated rings. The summed E-state index contributed by atoms with van der Waals surface area (Å²) in [6.07, 6.45) is 3.17. The van der Waals surface area contributed by atoms with Gasteiger partial charge in [0.1, 0.15) is 5.82 Å². The quantitative estimate of drug-likeness (QED) is 0.186. The minimum atomic E-state index is -0.773. The summed E-state index contributed by atoms with van der Waals surface area (Å²) in [4.78, 5) is 54.7. The number of rotatable bonds is 11. The van der Waals surface area contributed by atoms with E-state index in [4.69, 9.17) is 4.74 Å². The van der Waals surface area contributed by atoms with Crippen molar-refractivity contribution in [3.63, 3.8) is 0 Å². The second-order valence-electron chi connectivity index (χ2n) is 10.5. The van der Waals surface area contributed by atoms with Crippen LogP contribution in [-0.4, -0.2) is 47.7 Å². The van der Waals surface area contributed by atoms with Crippen LogP contribution >= 0.6 is 0 Å². The third kappa shape index (κ3) is 7.16. The average molecular weight is 558 g/mol. The van der Waals surface area contributed by atoms with E-state index in [-0.39, 0.29) is 43.0 Å². The number of hydrogen-bond donors (Lipinski definition) is 3. The van der Waals surface area contributed by atoms with Gasteiger partial charge in [0, 0.05) is 48.5 Å². The summed E-state index contributed by atoms with van der Waals surface area (Å²) < 4.78 is 18.6. The lowest BCUT2D eigenvalue weighted by Crippen LogP contribution is -2.41. The molecule has 3 N–H and O–H groups in total. The van der Waals surface area contributed by atoms with E-state index in [1.54, 1.807) is 24.3 Å². The van der Waals surface area contributed by atoms with Gasteiger partial charge in [0.25, 0.3) is 0 Å². The summed E-state index contributed by atoms with van der Waals surface area (Å²) in [5.41, 5.74) is 3.28. The number of cyclic esters (lactones) is 1. The fourth-order valence-corrected chi connectivity index (χ4v) is 5.33. The number of esters is 1. The maximum atomic E-state index is 13.7. The number of H-pyrrole nitrogens is 1. The van der Waals surface area contributed by atoms with E-state index in [0.717, 1.165) is 11.3 Å². The van der Waals surface area contributed by atoms with Gasteiger partial charge in [-0.3, -0.25) is 14.4 Å². The third-order valence-electron chi connectivity index (χ3n) is 7.57. The highest BCUT2D eigenvalue weighted by molar-refractivity contribution is 5.98. The number of aromatic nitrogens is 1. The van der Waals surface area contributed by atoms with Crippen LogP contribution in [0.5, 0.6) is 0 Å². The summed E-state index contributed by atoms with van der Waals surface area (Å²) >= 11 is 0. The molecule has 41 heavy (non-hydrogen) atoms. The standard InChI is InChI=1S/C32H32FN3O5/c33-25-8-6-20(7-9-25)16-24(19-29(37)28-11-10-27(36-28)21-4-2-1-3-5-21)31(39)35-26(17-22-12-14-34-30(22)38)18-23-13-15-41-32(23)40/h1-11,18,22,24,26,36H,12-17,19H2,(H,34,38)(H,35,39)/b23-18+/t22-,24+,26-/m0/s1. The van der Waals surface area contributed by atoms with E-state index < -0.39 is 23.7 Å². The zero-order valence-corrected chi connectivity index (χ0v) is 22.5. The molecule has 0 spiro atoms. The molecule has 1 aromatic heterocycles. The van der Waals surface area contributed by atoms with Crippen LogP contribution in [0.15, 0.2) is 78.4 Å². The number of nitrogens with one attached hydrogen (secondary N) is 3. The lowest BCUT2D eigenvalue weighted by Gasteiger charge is -2.22. The topological polar surface area (TPSA) is 117 Å². The molecule has 2 aliphatic rings. The molecule has 212 valence electrons. The summed E-state index contributed by atoms with van der Waals surface area (Å²) in [5.74, 6) is -2.61. The van der Waals surface area contributed by atoms with Gasteiger partial charge in [-0.2, -0.15) is 0 Å². The molecule has 5 rings (SSSR count). The van der Waals surface area contributed by atoms with Crippen LogP contribution in [0.1, 0.15) is 41.7 Å². The minimum Gasteiger partial charge on any atom is -0.462 e. The van der Waals surface area contributed by atoms with E-state index in [9.17, 15) is 23.6 Å². The predicted molar refractivity (Wildman–Crippen MR) is 150 cm³/mol. The van der Waals surface area contributed by atoms with Crippen molar-refractivity contribution in [2.75, 3.05) is 13.2 Å². The zero-order valence-electron chi connectivity index (χ0n) is 22.5. The number of Topliss-reactive ketones (excluding diaryl/α,β-unsaturated/α-hetero) is 1. The van der Waals surface area contributed by atoms with E-state index in [1.165, 1.54) is 12.1 Å². The number of ether oxygens (including phenoxy) is 1. The summed E-state index contributed by atoms with van der Waals surface area (Å²) in [6, 6.07) is 18.4. The van der Waals surface area contributed by atoms with Gasteiger partial charge in [-0.15, -0.1) is 0 Å². The van der Waals surface area contributed by atoms with Gasteiger partial charge in [0.15, 0.2) is 5.78 Å². The smallest absolute Gasteiger partial charge is 0.333 e. The van der Waals surface area contributed by atoms with Crippen LogP contribution in [0.4, 0.5) is 4.39 Å². The molecule has 8 nitrogen and oxygen atoms in total. The van der Waals surface area contributed by atoms with E-state index in [2.05, 4.69) is 15.6 Å². The minimum absolute atomic E-state index is 0.0874. The number of carbonyl (C=O) groups excluding carboxylic acids is 4. The van der Waals surface area contributed by atoms with Crippen molar-refractivity contribution < 1.29 is 28.3 Å². The maximum absolute atomic E-state index is 13.7. The third-order valence-corrected chi connectivity index (χ3v) is 7.57. The first-order valence-electron chi connectivity index (χ1n) is 13.8. The Kier molecular flexibility index (Phi) is 8.72. The summed E-state index contributed by atoms with van der Waals surface area (Å²) in [5, 5.41) is 5.80. The Hall–Kier alpha value is -4.53. The van der Waals surface area contributed by atoms with Crippen molar-refractivity contribution in [2.24, 2.45) is 11.8 Å². The Bertz CT molecular complexity index is 1450. The van der Waals surface area contributed by atoms with Crippen molar-refractivity contribution in [1.29, 1.82) is 0 Å². The highest BCUT2D eigenvalue weighted by Crippen LogP contribution is 2.24. The molecule has 2 aromatic carbocycles. The monoisotopic (exact) mass is 557 g/mol. The molecule has 2 amide bonds. The Morgan fingerprint density at radius 1 is 1.05 bits per heavy atom. The van der Waals surface area contributed by atoms with Gasteiger partial charge >= 0.3 is 5.97 Å².